The Morgan fingerprint density at radius 1 is 1.28 bits per heavy atom. The van der Waals surface area contributed by atoms with Crippen LogP contribution in [-0.2, 0) is 9.63 Å². The van der Waals surface area contributed by atoms with Gasteiger partial charge < -0.3 is 4.90 Å². The first-order valence-corrected chi connectivity index (χ1v) is 6.05. The quantitative estimate of drug-likeness (QED) is 0.549. The molecule has 0 aromatic rings. The van der Waals surface area contributed by atoms with Crippen LogP contribution in [0, 0.1) is 15.5 Å². The van der Waals surface area contributed by atoms with Gasteiger partial charge in [-0.25, -0.2) is 0 Å². The molecule has 7 nitrogen and oxygen atoms in total. The standard InChI is InChI=1S/C11H21N3O4/c1-11(2,3)8-10(15)13-6-4-12(5-7-13)9-18-14(16)17/h4-9H2,1-3H3. The lowest BCUT2D eigenvalue weighted by molar-refractivity contribution is -0.762. The van der Waals surface area contributed by atoms with Crippen molar-refractivity contribution in [1.82, 2.24) is 9.80 Å². The van der Waals surface area contributed by atoms with E-state index in [0.717, 1.165) is 0 Å². The molecular weight excluding hydrogens is 238 g/mol. The molecule has 0 unspecified atom stereocenters. The molecule has 0 spiro atoms. The Morgan fingerprint density at radius 2 is 1.83 bits per heavy atom. The minimum atomic E-state index is -0.795. The lowest BCUT2D eigenvalue weighted by atomic mass is 9.91. The topological polar surface area (TPSA) is 75.9 Å². The molecule has 1 rings (SSSR count). The Kier molecular flexibility index (Phi) is 4.89. The SMILES string of the molecule is CC(C)(C)CC(=O)N1CCN(CO[N+](=O)[O-])CC1. The van der Waals surface area contributed by atoms with Gasteiger partial charge in [-0.1, -0.05) is 20.8 Å². The van der Waals surface area contributed by atoms with E-state index in [2.05, 4.69) is 4.84 Å². The van der Waals surface area contributed by atoms with Crippen molar-refractivity contribution in [3.05, 3.63) is 10.1 Å². The maximum absolute atomic E-state index is 12.0. The van der Waals surface area contributed by atoms with Crippen LogP contribution < -0.4 is 0 Å². The van der Waals surface area contributed by atoms with E-state index >= 15 is 0 Å². The zero-order chi connectivity index (χ0) is 13.8. The van der Waals surface area contributed by atoms with E-state index in [-0.39, 0.29) is 18.1 Å². The van der Waals surface area contributed by atoms with Crippen LogP contribution in [0.3, 0.4) is 0 Å². The summed E-state index contributed by atoms with van der Waals surface area (Å²) in [6.07, 6.45) is 0.526. The van der Waals surface area contributed by atoms with Crippen LogP contribution in [0.1, 0.15) is 27.2 Å². The fourth-order valence-corrected chi connectivity index (χ4v) is 1.82. The number of amides is 1. The predicted octanol–water partition coefficient (Wildman–Crippen LogP) is 0.733. The zero-order valence-corrected chi connectivity index (χ0v) is 11.2. The van der Waals surface area contributed by atoms with Gasteiger partial charge in [0, 0.05) is 32.6 Å². The second-order valence-electron chi connectivity index (χ2n) is 5.72. The first kappa shape index (κ1) is 14.7. The maximum Gasteiger partial charge on any atom is 0.295 e. The van der Waals surface area contributed by atoms with Crippen LogP contribution in [0.5, 0.6) is 0 Å². The Balaban J connectivity index is 2.30. The van der Waals surface area contributed by atoms with Gasteiger partial charge in [0.25, 0.3) is 5.09 Å². The Bertz CT molecular complexity index is 306. The first-order chi connectivity index (χ1) is 8.28. The first-order valence-electron chi connectivity index (χ1n) is 6.05. The summed E-state index contributed by atoms with van der Waals surface area (Å²) in [5.41, 5.74) is -0.0110. The number of nitrogens with zero attached hydrogens (tertiary/aromatic N) is 3. The maximum atomic E-state index is 12.0. The second-order valence-corrected chi connectivity index (χ2v) is 5.72. The third-order valence-corrected chi connectivity index (χ3v) is 2.75. The lowest BCUT2D eigenvalue weighted by Crippen LogP contribution is -2.49. The van der Waals surface area contributed by atoms with Crippen molar-refractivity contribution < 1.29 is 14.7 Å². The van der Waals surface area contributed by atoms with Crippen molar-refractivity contribution in [3.8, 4) is 0 Å². The van der Waals surface area contributed by atoms with Crippen molar-refractivity contribution in [2.45, 2.75) is 27.2 Å². The van der Waals surface area contributed by atoms with Crippen LogP contribution in [0.15, 0.2) is 0 Å². The van der Waals surface area contributed by atoms with E-state index in [1.807, 2.05) is 30.6 Å². The van der Waals surface area contributed by atoms with Gasteiger partial charge in [0.1, 0.15) is 6.73 Å². The Labute approximate surface area is 107 Å². The van der Waals surface area contributed by atoms with Crippen LogP contribution in [-0.4, -0.2) is 53.7 Å². The van der Waals surface area contributed by atoms with Crippen LogP contribution in [0.4, 0.5) is 0 Å². The highest BCUT2D eigenvalue weighted by Crippen LogP contribution is 2.20. The number of hydrogen-bond donors (Lipinski definition) is 0. The molecule has 0 bridgehead atoms. The summed E-state index contributed by atoms with van der Waals surface area (Å²) in [6, 6.07) is 0. The highest BCUT2D eigenvalue weighted by Gasteiger charge is 2.24. The summed E-state index contributed by atoms with van der Waals surface area (Å²) in [6.45, 7) is 8.53. The molecule has 0 aliphatic carbocycles. The van der Waals surface area contributed by atoms with Crippen LogP contribution in [0.2, 0.25) is 0 Å². The molecule has 0 atom stereocenters. The number of piperazine rings is 1. The fraction of sp³-hybridized carbons (Fsp3) is 0.909. The van der Waals surface area contributed by atoms with Crippen molar-refractivity contribution in [2.24, 2.45) is 5.41 Å². The molecule has 18 heavy (non-hydrogen) atoms. The van der Waals surface area contributed by atoms with Crippen LogP contribution in [0.25, 0.3) is 0 Å². The summed E-state index contributed by atoms with van der Waals surface area (Å²) < 4.78 is 0. The minimum absolute atomic E-state index is 0.0110. The molecule has 0 N–H and O–H groups in total. The molecule has 104 valence electrons. The van der Waals surface area contributed by atoms with Gasteiger partial charge in [0.05, 0.1) is 0 Å². The molecule has 1 aliphatic heterocycles. The molecule has 0 aromatic carbocycles. The summed E-state index contributed by atoms with van der Waals surface area (Å²) in [7, 11) is 0. The van der Waals surface area contributed by atoms with E-state index in [9.17, 15) is 14.9 Å². The largest absolute Gasteiger partial charge is 0.340 e. The van der Waals surface area contributed by atoms with E-state index in [1.54, 1.807) is 0 Å². The Hall–Kier alpha value is -1.37. The molecule has 0 aromatic heterocycles. The molecule has 1 amide bonds. The molecule has 1 fully saturated rings. The van der Waals surface area contributed by atoms with E-state index in [1.165, 1.54) is 0 Å². The number of hydrogen-bond acceptors (Lipinski definition) is 5. The summed E-state index contributed by atoms with van der Waals surface area (Å²) in [5.74, 6) is 0.150. The van der Waals surface area contributed by atoms with Crippen LogP contribution >= 0.6 is 0 Å². The highest BCUT2D eigenvalue weighted by atomic mass is 17.0. The normalized spacial score (nSPS) is 17.6. The molecule has 1 aliphatic rings. The minimum Gasteiger partial charge on any atom is -0.340 e. The van der Waals surface area contributed by atoms with Gasteiger partial charge in [0.15, 0.2) is 0 Å². The van der Waals surface area contributed by atoms with Gasteiger partial charge in [-0.3, -0.25) is 14.5 Å². The molecule has 1 saturated heterocycles. The lowest BCUT2D eigenvalue weighted by Gasteiger charge is -2.35. The molecule has 1 heterocycles. The molecular formula is C11H21N3O4. The zero-order valence-electron chi connectivity index (χ0n) is 11.2. The summed E-state index contributed by atoms with van der Waals surface area (Å²) >= 11 is 0. The summed E-state index contributed by atoms with van der Waals surface area (Å²) in [4.78, 5) is 30.0. The smallest absolute Gasteiger partial charge is 0.295 e. The van der Waals surface area contributed by atoms with E-state index in [4.69, 9.17) is 0 Å². The van der Waals surface area contributed by atoms with Gasteiger partial charge in [-0.15, -0.1) is 10.1 Å². The van der Waals surface area contributed by atoms with Gasteiger partial charge in [-0.05, 0) is 5.41 Å². The van der Waals surface area contributed by atoms with Crippen molar-refractivity contribution >= 4 is 5.91 Å². The van der Waals surface area contributed by atoms with Crippen molar-refractivity contribution in [3.63, 3.8) is 0 Å². The van der Waals surface area contributed by atoms with E-state index < -0.39 is 5.09 Å². The molecule has 0 saturated carbocycles. The van der Waals surface area contributed by atoms with Gasteiger partial charge in [-0.2, -0.15) is 0 Å². The van der Waals surface area contributed by atoms with Crippen molar-refractivity contribution in [2.75, 3.05) is 32.9 Å². The average molecular weight is 259 g/mol. The monoisotopic (exact) mass is 259 g/mol. The number of carbonyl (C=O) groups excluding carboxylic acids is 1. The molecule has 0 radical (unpaired) electrons. The van der Waals surface area contributed by atoms with Crippen molar-refractivity contribution in [1.29, 1.82) is 0 Å². The number of carbonyl (C=O) groups is 1. The van der Waals surface area contributed by atoms with E-state index in [0.29, 0.717) is 32.6 Å². The average Bonchev–Trinajstić information content (AvgIpc) is 2.24. The predicted molar refractivity (Wildman–Crippen MR) is 65.2 cm³/mol. The van der Waals surface area contributed by atoms with Gasteiger partial charge in [0.2, 0.25) is 5.91 Å². The third-order valence-electron chi connectivity index (χ3n) is 2.75. The summed E-state index contributed by atoms with van der Waals surface area (Å²) in [5, 5.41) is 9.27. The number of rotatable bonds is 4. The van der Waals surface area contributed by atoms with Gasteiger partial charge >= 0.3 is 0 Å². The fourth-order valence-electron chi connectivity index (χ4n) is 1.82. The highest BCUT2D eigenvalue weighted by molar-refractivity contribution is 5.76. The second kappa shape index (κ2) is 5.99. The third kappa shape index (κ3) is 5.31. The molecule has 7 heteroatoms. The Morgan fingerprint density at radius 3 is 2.28 bits per heavy atom.